The van der Waals surface area contributed by atoms with E-state index in [2.05, 4.69) is 25.1 Å². The lowest BCUT2D eigenvalue weighted by Gasteiger charge is -2.34. The van der Waals surface area contributed by atoms with E-state index in [-0.39, 0.29) is 17.2 Å². The number of hydrogen-bond acceptors (Lipinski definition) is 6. The monoisotopic (exact) mass is 402 g/mol. The van der Waals surface area contributed by atoms with Crippen LogP contribution in [0.3, 0.4) is 0 Å². The summed E-state index contributed by atoms with van der Waals surface area (Å²) in [6.45, 7) is 5.67. The van der Waals surface area contributed by atoms with Crippen molar-refractivity contribution in [1.82, 2.24) is 20.2 Å². The van der Waals surface area contributed by atoms with Gasteiger partial charge >= 0.3 is 0 Å². The van der Waals surface area contributed by atoms with Crippen LogP contribution in [0.5, 0.6) is 0 Å². The Bertz CT molecular complexity index is 654. The number of piperazine rings is 1. The maximum absolute atomic E-state index is 12.3. The summed E-state index contributed by atoms with van der Waals surface area (Å²) in [7, 11) is 0. The van der Waals surface area contributed by atoms with Crippen LogP contribution in [0.1, 0.15) is 51.4 Å². The largest absolute Gasteiger partial charge is 0.370 e. The highest BCUT2D eigenvalue weighted by atomic mass is 16.2. The van der Waals surface area contributed by atoms with Gasteiger partial charge in [-0.3, -0.25) is 14.5 Å². The van der Waals surface area contributed by atoms with Crippen molar-refractivity contribution < 1.29 is 9.59 Å². The molecule has 0 radical (unpaired) electrons. The number of rotatable bonds is 10. The molecule has 8 nitrogen and oxygen atoms in total. The molecule has 1 saturated carbocycles. The van der Waals surface area contributed by atoms with E-state index in [4.69, 9.17) is 5.73 Å². The van der Waals surface area contributed by atoms with E-state index in [1.54, 1.807) is 12.4 Å². The normalized spacial score (nSPS) is 19.2. The fraction of sp³-hybridized carbons (Fsp3) is 0.714. The number of carbonyl (C=O) groups is 2. The SMILES string of the molecule is NC(=O)CC1(CC(=O)NCCCCN2CCN(c3ncccn3)CC2)CCCC1. The second kappa shape index (κ2) is 10.5. The molecule has 8 heteroatoms. The Kier molecular flexibility index (Phi) is 7.80. The summed E-state index contributed by atoms with van der Waals surface area (Å²) in [5.74, 6) is 0.578. The molecule has 160 valence electrons. The number of nitrogens with two attached hydrogens (primary N) is 1. The van der Waals surface area contributed by atoms with Gasteiger partial charge in [0.15, 0.2) is 0 Å². The Labute approximate surface area is 173 Å². The zero-order chi connectivity index (χ0) is 20.5. The molecule has 3 rings (SSSR count). The number of aromatic nitrogens is 2. The van der Waals surface area contributed by atoms with Crippen LogP contribution in [0.2, 0.25) is 0 Å². The predicted molar refractivity (Wildman–Crippen MR) is 112 cm³/mol. The highest BCUT2D eigenvalue weighted by Gasteiger charge is 2.37. The minimum Gasteiger partial charge on any atom is -0.370 e. The molecule has 2 aliphatic rings. The number of nitrogens with zero attached hydrogens (tertiary/aromatic N) is 4. The van der Waals surface area contributed by atoms with E-state index in [1.807, 2.05) is 6.07 Å². The van der Waals surface area contributed by atoms with Crippen molar-refractivity contribution in [3.63, 3.8) is 0 Å². The van der Waals surface area contributed by atoms with Crippen molar-refractivity contribution in [2.75, 3.05) is 44.2 Å². The van der Waals surface area contributed by atoms with Crippen LogP contribution in [0.15, 0.2) is 18.5 Å². The van der Waals surface area contributed by atoms with Crippen molar-refractivity contribution >= 4 is 17.8 Å². The number of amides is 2. The van der Waals surface area contributed by atoms with Gasteiger partial charge in [-0.1, -0.05) is 12.8 Å². The van der Waals surface area contributed by atoms with Gasteiger partial charge in [0, 0.05) is 58.0 Å². The zero-order valence-corrected chi connectivity index (χ0v) is 17.3. The van der Waals surface area contributed by atoms with Crippen LogP contribution >= 0.6 is 0 Å². The first kappa shape index (κ1) is 21.5. The molecule has 1 aromatic rings. The van der Waals surface area contributed by atoms with Crippen LogP contribution in [-0.2, 0) is 9.59 Å². The molecule has 1 saturated heterocycles. The number of primary amides is 1. The van der Waals surface area contributed by atoms with Crippen LogP contribution in [0.4, 0.5) is 5.95 Å². The van der Waals surface area contributed by atoms with Crippen molar-refractivity contribution in [2.24, 2.45) is 11.1 Å². The zero-order valence-electron chi connectivity index (χ0n) is 17.3. The number of anilines is 1. The Morgan fingerprint density at radius 2 is 1.72 bits per heavy atom. The first-order chi connectivity index (χ1) is 14.1. The van der Waals surface area contributed by atoms with Crippen molar-refractivity contribution in [3.05, 3.63) is 18.5 Å². The lowest BCUT2D eigenvalue weighted by Crippen LogP contribution is -2.47. The predicted octanol–water partition coefficient (Wildman–Crippen LogP) is 1.32. The molecule has 1 aliphatic heterocycles. The third kappa shape index (κ3) is 6.66. The minimum atomic E-state index is -0.293. The standard InChI is InChI=1S/C21H34N6O2/c22-18(28)16-21(6-1-2-7-21)17-19(29)23-8-3-4-11-26-12-14-27(15-13-26)20-24-9-5-10-25-20/h5,9-10H,1-4,6-8,11-17H2,(H2,22,28)(H,23,29). The highest BCUT2D eigenvalue weighted by molar-refractivity contribution is 5.79. The van der Waals surface area contributed by atoms with Gasteiger partial charge < -0.3 is 16.0 Å². The fourth-order valence-electron chi connectivity index (χ4n) is 4.63. The van der Waals surface area contributed by atoms with E-state index in [9.17, 15) is 9.59 Å². The Balaban J connectivity index is 1.27. The van der Waals surface area contributed by atoms with Crippen molar-refractivity contribution in [3.8, 4) is 0 Å². The Hall–Kier alpha value is -2.22. The van der Waals surface area contributed by atoms with Gasteiger partial charge in [0.05, 0.1) is 0 Å². The van der Waals surface area contributed by atoms with Crippen LogP contribution < -0.4 is 16.0 Å². The molecule has 1 aromatic heterocycles. The number of hydrogen-bond donors (Lipinski definition) is 2. The van der Waals surface area contributed by atoms with E-state index in [0.29, 0.717) is 19.4 Å². The molecular weight excluding hydrogens is 368 g/mol. The maximum Gasteiger partial charge on any atom is 0.225 e. The maximum atomic E-state index is 12.3. The van der Waals surface area contributed by atoms with Crippen LogP contribution in [0, 0.1) is 5.41 Å². The van der Waals surface area contributed by atoms with Crippen LogP contribution in [-0.4, -0.2) is 66.0 Å². The quantitative estimate of drug-likeness (QED) is 0.572. The summed E-state index contributed by atoms with van der Waals surface area (Å²) in [5.41, 5.74) is 5.20. The fourth-order valence-corrected chi connectivity index (χ4v) is 4.63. The average Bonchev–Trinajstić information content (AvgIpc) is 3.16. The topological polar surface area (TPSA) is 104 Å². The van der Waals surface area contributed by atoms with Gasteiger partial charge in [0.1, 0.15) is 0 Å². The Morgan fingerprint density at radius 3 is 2.38 bits per heavy atom. The summed E-state index contributed by atoms with van der Waals surface area (Å²) in [4.78, 5) is 37.0. The smallest absolute Gasteiger partial charge is 0.225 e. The average molecular weight is 403 g/mol. The summed E-state index contributed by atoms with van der Waals surface area (Å²) in [5, 5.41) is 3.04. The molecule has 2 amide bonds. The number of carbonyl (C=O) groups excluding carboxylic acids is 2. The number of nitrogens with one attached hydrogen (secondary N) is 1. The van der Waals surface area contributed by atoms with Gasteiger partial charge in [-0.15, -0.1) is 0 Å². The molecule has 0 spiro atoms. The third-order valence-corrected chi connectivity index (χ3v) is 6.18. The molecule has 2 fully saturated rings. The summed E-state index contributed by atoms with van der Waals surface area (Å²) in [6.07, 6.45) is 10.4. The third-order valence-electron chi connectivity index (χ3n) is 6.18. The van der Waals surface area contributed by atoms with E-state index in [1.165, 1.54) is 0 Å². The van der Waals surface area contributed by atoms with Crippen LogP contribution in [0.25, 0.3) is 0 Å². The molecule has 2 heterocycles. The second-order valence-electron chi connectivity index (χ2n) is 8.46. The molecule has 3 N–H and O–H groups in total. The summed E-state index contributed by atoms with van der Waals surface area (Å²) in [6, 6.07) is 1.84. The molecule has 0 atom stereocenters. The van der Waals surface area contributed by atoms with Gasteiger partial charge in [-0.2, -0.15) is 0 Å². The van der Waals surface area contributed by atoms with E-state index < -0.39 is 0 Å². The molecule has 0 aromatic carbocycles. The minimum absolute atomic E-state index is 0.0598. The van der Waals surface area contributed by atoms with E-state index >= 15 is 0 Å². The Morgan fingerprint density at radius 1 is 1.03 bits per heavy atom. The van der Waals surface area contributed by atoms with Gasteiger partial charge in [-0.05, 0) is 43.7 Å². The van der Waals surface area contributed by atoms with Gasteiger partial charge in [0.2, 0.25) is 17.8 Å². The van der Waals surface area contributed by atoms with Gasteiger partial charge in [0.25, 0.3) is 0 Å². The van der Waals surface area contributed by atoms with Crippen molar-refractivity contribution in [2.45, 2.75) is 51.4 Å². The lowest BCUT2D eigenvalue weighted by atomic mass is 9.79. The summed E-state index contributed by atoms with van der Waals surface area (Å²) >= 11 is 0. The van der Waals surface area contributed by atoms with Crippen molar-refractivity contribution in [1.29, 1.82) is 0 Å². The molecule has 1 aliphatic carbocycles. The first-order valence-electron chi connectivity index (χ1n) is 10.9. The van der Waals surface area contributed by atoms with Gasteiger partial charge in [-0.25, -0.2) is 9.97 Å². The van der Waals surface area contributed by atoms with E-state index in [0.717, 1.165) is 77.2 Å². The summed E-state index contributed by atoms with van der Waals surface area (Å²) < 4.78 is 0. The highest BCUT2D eigenvalue weighted by Crippen LogP contribution is 2.43. The lowest BCUT2D eigenvalue weighted by molar-refractivity contribution is -0.125. The molecule has 29 heavy (non-hydrogen) atoms. The number of unbranched alkanes of at least 4 members (excludes halogenated alkanes) is 1. The molecule has 0 bridgehead atoms. The second-order valence-corrected chi connectivity index (χ2v) is 8.46. The first-order valence-corrected chi connectivity index (χ1v) is 10.9. The molecular formula is C21H34N6O2. The molecule has 0 unspecified atom stereocenters.